The molecule has 0 aliphatic carbocycles. The van der Waals surface area contributed by atoms with E-state index in [0.717, 1.165) is 52.0 Å². The second-order valence-corrected chi connectivity index (χ2v) is 25.3. The van der Waals surface area contributed by atoms with Crippen molar-refractivity contribution in [2.24, 2.45) is 0 Å². The van der Waals surface area contributed by atoms with E-state index in [2.05, 4.69) is 117 Å². The summed E-state index contributed by atoms with van der Waals surface area (Å²) < 4.78 is 67.1. The summed E-state index contributed by atoms with van der Waals surface area (Å²) in [6.07, 6.45) is 4.13. The molecule has 6 aliphatic heterocycles. The van der Waals surface area contributed by atoms with Crippen LogP contribution in [0, 0.1) is 41.5 Å². The first-order valence-electron chi connectivity index (χ1n) is 29.8. The van der Waals surface area contributed by atoms with E-state index in [-0.39, 0.29) is 116 Å². The maximum absolute atomic E-state index is 5.90. The van der Waals surface area contributed by atoms with Crippen LogP contribution in [-0.4, -0.2) is 119 Å². The lowest BCUT2D eigenvalue weighted by atomic mass is 9.78. The first-order valence-corrected chi connectivity index (χ1v) is 32.0. The molecule has 6 fully saturated rings. The van der Waals surface area contributed by atoms with Gasteiger partial charge in [0.15, 0.2) is 0 Å². The minimum absolute atomic E-state index is 0. The number of aryl methyl sites for hydroxylation is 6. The molecule has 0 bridgehead atoms. The molecular formula is C68H98B6Cl6O12. The van der Waals surface area contributed by atoms with E-state index >= 15 is 0 Å². The quantitative estimate of drug-likeness (QED) is 0.129. The van der Waals surface area contributed by atoms with Crippen molar-refractivity contribution in [1.82, 2.24) is 0 Å². The predicted octanol–water partition coefficient (Wildman–Crippen LogP) is 15.0. The summed E-state index contributed by atoms with van der Waals surface area (Å²) in [6.45, 7) is 28.8. The standard InChI is InChI=1S/2C12H17BO2.C11H15BO2.C10H11BCl2O2.2C9H9BCl2O2.5CH4/c2*1-4-12-8-14-13(15-12)11-6-9(2)5-10(3)7-11;1-8-4-9(2)6-11(5-8)12-13-7-10(3)14-12;1-2-10-6-14-11(15-10)7-3-8(12)5-9(13)4-7;2*1-6-5-13-10(14-6)7-2-8(11)4-9(12)3-7;;;;;/h2*5-7,12H,4,8H2,1-3H3;4-6,10H,7H2,1-3H3;3-5,10H,2,6H2,1H3;2*2-4,6H,5H2,1H3;5*1H4. The zero-order valence-electron chi connectivity index (χ0n) is 51.9. The van der Waals surface area contributed by atoms with E-state index in [0.29, 0.717) is 69.8 Å². The molecule has 6 aromatic rings. The smallest absolute Gasteiger partial charge is 0.405 e. The maximum Gasteiger partial charge on any atom is 0.494 e. The maximum atomic E-state index is 5.90. The monoisotopic (exact) mass is 1380 g/mol. The molecule has 0 N–H and O–H groups in total. The van der Waals surface area contributed by atoms with Gasteiger partial charge in [0.2, 0.25) is 0 Å². The molecule has 6 heterocycles. The summed E-state index contributed by atoms with van der Waals surface area (Å²) in [6, 6.07) is 35.2. The van der Waals surface area contributed by atoms with Crippen LogP contribution in [0.2, 0.25) is 30.1 Å². The van der Waals surface area contributed by atoms with E-state index < -0.39 is 0 Å². The lowest BCUT2D eigenvalue weighted by Crippen LogP contribution is -2.32. The van der Waals surface area contributed by atoms with Gasteiger partial charge in [0.25, 0.3) is 0 Å². The SMILES string of the molecule is C.C.C.C.C.CC1COB(c2cc(Cl)cc(Cl)c2)O1.CC1COB(c2cc(Cl)cc(Cl)c2)O1.CCC1COB(c2cc(C)cc(C)c2)O1.CCC1COB(c2cc(C)cc(C)c2)O1.CCC1COB(c2cc(Cl)cc(Cl)c2)O1.Cc1cc(C)cc(B2OCC(C)O2)c1. The van der Waals surface area contributed by atoms with Gasteiger partial charge in [-0.2, -0.15) is 0 Å². The van der Waals surface area contributed by atoms with E-state index in [1.165, 1.54) is 33.4 Å². The summed E-state index contributed by atoms with van der Waals surface area (Å²) in [7, 11) is -1.47. The van der Waals surface area contributed by atoms with Crippen molar-refractivity contribution in [3.8, 4) is 0 Å². The van der Waals surface area contributed by atoms with Crippen LogP contribution >= 0.6 is 69.6 Å². The van der Waals surface area contributed by atoms with Crippen molar-refractivity contribution in [1.29, 1.82) is 0 Å². The second kappa shape index (κ2) is 41.9. The van der Waals surface area contributed by atoms with Gasteiger partial charge in [-0.15, -0.1) is 0 Å². The van der Waals surface area contributed by atoms with Crippen molar-refractivity contribution < 1.29 is 55.9 Å². The summed E-state index contributed by atoms with van der Waals surface area (Å²) in [4.78, 5) is 0. The first-order chi connectivity index (χ1) is 41.5. The van der Waals surface area contributed by atoms with Gasteiger partial charge in [0, 0.05) is 30.1 Å². The highest BCUT2D eigenvalue weighted by Gasteiger charge is 2.36. The molecule has 6 atom stereocenters. The lowest BCUT2D eigenvalue weighted by Gasteiger charge is -2.08. The van der Waals surface area contributed by atoms with E-state index in [1.807, 2.05) is 32.9 Å². The van der Waals surface area contributed by atoms with Gasteiger partial charge < -0.3 is 55.9 Å². The Hall–Kier alpha value is -3.03. The second-order valence-electron chi connectivity index (χ2n) is 22.7. The molecule has 24 heteroatoms. The fourth-order valence-corrected chi connectivity index (χ4v) is 11.8. The van der Waals surface area contributed by atoms with E-state index in [9.17, 15) is 0 Å². The molecule has 6 aromatic carbocycles. The van der Waals surface area contributed by atoms with Crippen LogP contribution in [0.25, 0.3) is 0 Å². The number of hydrogen-bond donors (Lipinski definition) is 0. The molecule has 0 amide bonds. The minimum atomic E-state index is -0.332. The molecule has 0 aromatic heterocycles. The Morgan fingerprint density at radius 2 is 0.446 bits per heavy atom. The van der Waals surface area contributed by atoms with E-state index in [1.54, 1.807) is 42.5 Å². The summed E-state index contributed by atoms with van der Waals surface area (Å²) in [5.41, 5.74) is 13.6. The molecule has 6 aliphatic rings. The normalized spacial score (nSPS) is 20.2. The minimum Gasteiger partial charge on any atom is -0.405 e. The fraction of sp³-hybridized carbons (Fsp3) is 0.471. The molecule has 502 valence electrons. The highest BCUT2D eigenvalue weighted by molar-refractivity contribution is 6.64. The zero-order valence-corrected chi connectivity index (χ0v) is 56.4. The Labute approximate surface area is 585 Å². The van der Waals surface area contributed by atoms with Crippen molar-refractivity contribution in [2.45, 2.75) is 176 Å². The summed E-state index contributed by atoms with van der Waals surface area (Å²) >= 11 is 35.3. The van der Waals surface area contributed by atoms with Crippen LogP contribution in [0.3, 0.4) is 0 Å². The van der Waals surface area contributed by atoms with E-state index in [4.69, 9.17) is 125 Å². The predicted molar refractivity (Wildman–Crippen MR) is 396 cm³/mol. The first kappa shape index (κ1) is 85.1. The molecule has 0 radical (unpaired) electrons. The molecule has 6 unspecified atom stereocenters. The van der Waals surface area contributed by atoms with Crippen LogP contribution in [0.5, 0.6) is 0 Å². The third kappa shape index (κ3) is 27.5. The molecule has 0 saturated carbocycles. The highest BCUT2D eigenvalue weighted by Crippen LogP contribution is 2.21. The topological polar surface area (TPSA) is 111 Å². The van der Waals surface area contributed by atoms with Gasteiger partial charge in [0.1, 0.15) is 0 Å². The lowest BCUT2D eigenvalue weighted by molar-refractivity contribution is 0.230. The Kier molecular flexibility index (Phi) is 38.8. The Bertz CT molecular complexity index is 2720. The Morgan fingerprint density at radius 3 is 0.609 bits per heavy atom. The van der Waals surface area contributed by atoms with Crippen LogP contribution in [0.15, 0.2) is 109 Å². The van der Waals surface area contributed by atoms with Gasteiger partial charge in [-0.1, -0.05) is 215 Å². The van der Waals surface area contributed by atoms with Gasteiger partial charge in [-0.05, 0) is 169 Å². The molecule has 0 spiro atoms. The Balaban J connectivity index is 0.000000372. The largest absolute Gasteiger partial charge is 0.494 e. The van der Waals surface area contributed by atoms with Crippen LogP contribution in [0.1, 0.15) is 131 Å². The highest BCUT2D eigenvalue weighted by atomic mass is 35.5. The van der Waals surface area contributed by atoms with Gasteiger partial charge in [0.05, 0.1) is 76.3 Å². The summed E-state index contributed by atoms with van der Waals surface area (Å²) in [5.74, 6) is 0. The molecule has 12 nitrogen and oxygen atoms in total. The number of halogens is 6. The summed E-state index contributed by atoms with van der Waals surface area (Å²) in [5, 5.41) is 3.59. The molecule has 12 rings (SSSR count). The molecule has 6 saturated heterocycles. The van der Waals surface area contributed by atoms with Crippen molar-refractivity contribution in [3.05, 3.63) is 173 Å². The van der Waals surface area contributed by atoms with Crippen LogP contribution in [-0.2, 0) is 55.9 Å². The average molecular weight is 1390 g/mol. The van der Waals surface area contributed by atoms with Crippen LogP contribution in [0.4, 0.5) is 0 Å². The number of hydrogen-bond acceptors (Lipinski definition) is 12. The average Bonchev–Trinajstić information content (AvgIpc) is 1.94. The van der Waals surface area contributed by atoms with Crippen molar-refractivity contribution in [3.63, 3.8) is 0 Å². The van der Waals surface area contributed by atoms with Crippen LogP contribution < -0.4 is 32.8 Å². The van der Waals surface area contributed by atoms with Crippen molar-refractivity contribution in [2.75, 3.05) is 39.6 Å². The number of rotatable bonds is 9. The third-order valence-electron chi connectivity index (χ3n) is 14.1. The number of benzene rings is 6. The Morgan fingerprint density at radius 1 is 0.272 bits per heavy atom. The van der Waals surface area contributed by atoms with Gasteiger partial charge in [-0.25, -0.2) is 0 Å². The van der Waals surface area contributed by atoms with Crippen molar-refractivity contribution >= 4 is 145 Å². The van der Waals surface area contributed by atoms with Gasteiger partial charge >= 0.3 is 42.7 Å². The molecular weight excluding hydrogens is 1290 g/mol. The third-order valence-corrected chi connectivity index (χ3v) is 15.5. The van der Waals surface area contributed by atoms with Gasteiger partial charge in [-0.3, -0.25) is 0 Å². The zero-order chi connectivity index (χ0) is 62.9. The molecule has 92 heavy (non-hydrogen) atoms. The fourth-order valence-electron chi connectivity index (χ4n) is 10.1.